The lowest BCUT2D eigenvalue weighted by molar-refractivity contribution is -0.116. The first-order valence-corrected chi connectivity index (χ1v) is 11.1. The van der Waals surface area contributed by atoms with Gasteiger partial charge in [-0.2, -0.15) is 0 Å². The normalized spacial score (nSPS) is 13.6. The van der Waals surface area contributed by atoms with Crippen molar-refractivity contribution in [1.82, 2.24) is 4.90 Å². The molecule has 1 heterocycles. The molecule has 0 saturated carbocycles. The van der Waals surface area contributed by atoms with Crippen LogP contribution in [0.2, 0.25) is 0 Å². The topological polar surface area (TPSA) is 79.0 Å². The van der Waals surface area contributed by atoms with Crippen LogP contribution in [0.15, 0.2) is 48.5 Å². The number of anilines is 2. The summed E-state index contributed by atoms with van der Waals surface area (Å²) in [5, 5.41) is 2.78. The molecule has 1 aliphatic heterocycles. The summed E-state index contributed by atoms with van der Waals surface area (Å²) in [4.78, 5) is 40.4. The van der Waals surface area contributed by atoms with E-state index >= 15 is 0 Å². The van der Waals surface area contributed by atoms with E-state index in [0.29, 0.717) is 36.9 Å². The van der Waals surface area contributed by atoms with Gasteiger partial charge in [-0.05, 0) is 54.3 Å². The maximum Gasteiger partial charge on any atom is 0.338 e. The van der Waals surface area contributed by atoms with E-state index in [-0.39, 0.29) is 24.5 Å². The predicted molar refractivity (Wildman–Crippen MR) is 125 cm³/mol. The Morgan fingerprint density at radius 2 is 1.72 bits per heavy atom. The average Bonchev–Trinajstić information content (AvgIpc) is 3.14. The second-order valence-corrected chi connectivity index (χ2v) is 8.22. The molecule has 0 bridgehead atoms. The molecule has 1 fully saturated rings. The van der Waals surface area contributed by atoms with Crippen LogP contribution in [0.5, 0.6) is 0 Å². The molecule has 32 heavy (non-hydrogen) atoms. The number of benzene rings is 2. The fraction of sp³-hybridized carbons (Fsp3) is 0.400. The van der Waals surface area contributed by atoms with Gasteiger partial charge in [0.15, 0.2) is 0 Å². The number of esters is 1. The van der Waals surface area contributed by atoms with Gasteiger partial charge in [0.2, 0.25) is 5.91 Å². The van der Waals surface area contributed by atoms with Crippen LogP contribution in [-0.2, 0) is 9.53 Å². The van der Waals surface area contributed by atoms with Gasteiger partial charge in [0.1, 0.15) is 6.54 Å². The Morgan fingerprint density at radius 3 is 2.34 bits per heavy atom. The minimum atomic E-state index is -0.375. The molecule has 0 aliphatic carbocycles. The van der Waals surface area contributed by atoms with Gasteiger partial charge in [-0.1, -0.05) is 39.3 Å². The van der Waals surface area contributed by atoms with Crippen molar-refractivity contribution in [2.75, 3.05) is 36.5 Å². The lowest BCUT2D eigenvalue weighted by atomic mass is 10.0. The van der Waals surface area contributed by atoms with Crippen molar-refractivity contribution >= 4 is 29.3 Å². The zero-order valence-corrected chi connectivity index (χ0v) is 19.0. The van der Waals surface area contributed by atoms with Crippen molar-refractivity contribution in [3.8, 4) is 0 Å². The summed E-state index contributed by atoms with van der Waals surface area (Å²) < 4.78 is 5.18. The number of nitrogens with zero attached hydrogens (tertiary/aromatic N) is 2. The highest BCUT2D eigenvalue weighted by Crippen LogP contribution is 2.23. The highest BCUT2D eigenvalue weighted by Gasteiger charge is 2.30. The summed E-state index contributed by atoms with van der Waals surface area (Å²) in [6.45, 7) is 7.69. The van der Waals surface area contributed by atoms with Crippen LogP contribution in [-0.4, -0.2) is 49.0 Å². The molecule has 7 nitrogen and oxygen atoms in total. The number of carbonyl (C=O) groups is 3. The fourth-order valence-electron chi connectivity index (χ4n) is 3.46. The standard InChI is InChI=1S/C25H31N3O4/c1-4-5-16-32-24(30)20-6-10-21(11-7-20)26-23(29)17-27-14-15-28(25(27)31)22-12-8-19(9-13-22)18(2)3/h6-13,18H,4-5,14-17H2,1-3H3,(H,26,29). The molecule has 2 aromatic rings. The summed E-state index contributed by atoms with van der Waals surface area (Å²) in [6, 6.07) is 14.3. The van der Waals surface area contributed by atoms with E-state index in [0.717, 1.165) is 18.5 Å². The number of carbonyl (C=O) groups excluding carboxylic acids is 3. The molecular formula is C25H31N3O4. The summed E-state index contributed by atoms with van der Waals surface area (Å²) in [7, 11) is 0. The largest absolute Gasteiger partial charge is 0.462 e. The van der Waals surface area contributed by atoms with Crippen molar-refractivity contribution < 1.29 is 19.1 Å². The second kappa shape index (κ2) is 10.8. The second-order valence-electron chi connectivity index (χ2n) is 8.22. The first-order chi connectivity index (χ1) is 15.4. The maximum atomic E-state index is 12.8. The SMILES string of the molecule is CCCCOC(=O)c1ccc(NC(=O)CN2CCN(c3ccc(C(C)C)cc3)C2=O)cc1. The molecule has 170 valence electrons. The molecule has 7 heteroatoms. The highest BCUT2D eigenvalue weighted by molar-refractivity contribution is 5.99. The molecule has 0 atom stereocenters. The molecule has 1 N–H and O–H groups in total. The Labute approximate surface area is 189 Å². The van der Waals surface area contributed by atoms with Crippen molar-refractivity contribution in [3.63, 3.8) is 0 Å². The molecule has 1 aliphatic rings. The van der Waals surface area contributed by atoms with E-state index in [1.807, 2.05) is 31.2 Å². The summed E-state index contributed by atoms with van der Waals surface area (Å²) in [5.74, 6) is -0.228. The van der Waals surface area contributed by atoms with E-state index in [1.54, 1.807) is 29.2 Å². The number of amides is 3. The molecular weight excluding hydrogens is 406 g/mol. The number of hydrogen-bond acceptors (Lipinski definition) is 4. The predicted octanol–water partition coefficient (Wildman–Crippen LogP) is 4.65. The van der Waals surface area contributed by atoms with Gasteiger partial charge in [0, 0.05) is 24.5 Å². The quantitative estimate of drug-likeness (QED) is 0.458. The molecule has 0 aromatic heterocycles. The van der Waals surface area contributed by atoms with Crippen molar-refractivity contribution in [1.29, 1.82) is 0 Å². The van der Waals surface area contributed by atoms with Crippen LogP contribution >= 0.6 is 0 Å². The molecule has 3 amide bonds. The Bertz CT molecular complexity index is 939. The summed E-state index contributed by atoms with van der Waals surface area (Å²) >= 11 is 0. The van der Waals surface area contributed by atoms with Gasteiger partial charge in [-0.3, -0.25) is 9.69 Å². The van der Waals surface area contributed by atoms with E-state index in [2.05, 4.69) is 19.2 Å². The van der Waals surface area contributed by atoms with Crippen LogP contribution < -0.4 is 10.2 Å². The van der Waals surface area contributed by atoms with Crippen LogP contribution in [0.3, 0.4) is 0 Å². The maximum absolute atomic E-state index is 12.8. The smallest absolute Gasteiger partial charge is 0.338 e. The first kappa shape index (κ1) is 23.3. The summed E-state index contributed by atoms with van der Waals surface area (Å²) in [6.07, 6.45) is 1.79. The van der Waals surface area contributed by atoms with Gasteiger partial charge in [-0.15, -0.1) is 0 Å². The minimum Gasteiger partial charge on any atom is -0.462 e. The van der Waals surface area contributed by atoms with E-state index < -0.39 is 0 Å². The Hall–Kier alpha value is -3.35. The van der Waals surface area contributed by atoms with Crippen LogP contribution in [0.4, 0.5) is 16.2 Å². The molecule has 0 unspecified atom stereocenters. The van der Waals surface area contributed by atoms with Crippen molar-refractivity contribution in [2.45, 2.75) is 39.5 Å². The lowest BCUT2D eigenvalue weighted by Crippen LogP contribution is -2.37. The lowest BCUT2D eigenvalue weighted by Gasteiger charge is -2.19. The van der Waals surface area contributed by atoms with Gasteiger partial charge in [-0.25, -0.2) is 9.59 Å². The Morgan fingerprint density at radius 1 is 1.03 bits per heavy atom. The highest BCUT2D eigenvalue weighted by atomic mass is 16.5. The third kappa shape index (κ3) is 5.87. The third-order valence-corrected chi connectivity index (χ3v) is 5.44. The average molecular weight is 438 g/mol. The van der Waals surface area contributed by atoms with Gasteiger partial charge < -0.3 is 15.0 Å². The van der Waals surface area contributed by atoms with E-state index in [1.165, 1.54) is 10.5 Å². The third-order valence-electron chi connectivity index (χ3n) is 5.44. The van der Waals surface area contributed by atoms with Gasteiger partial charge in [0.25, 0.3) is 0 Å². The Balaban J connectivity index is 1.51. The number of urea groups is 1. The minimum absolute atomic E-state index is 0.0276. The number of rotatable bonds is 9. The zero-order valence-electron chi connectivity index (χ0n) is 19.0. The van der Waals surface area contributed by atoms with Crippen LogP contribution in [0.25, 0.3) is 0 Å². The molecule has 2 aromatic carbocycles. The van der Waals surface area contributed by atoms with E-state index in [9.17, 15) is 14.4 Å². The molecule has 1 saturated heterocycles. The number of nitrogens with one attached hydrogen (secondary N) is 1. The number of hydrogen-bond donors (Lipinski definition) is 1. The Kier molecular flexibility index (Phi) is 7.87. The molecule has 0 spiro atoms. The van der Waals surface area contributed by atoms with Gasteiger partial charge >= 0.3 is 12.0 Å². The van der Waals surface area contributed by atoms with Crippen LogP contribution in [0, 0.1) is 0 Å². The number of ether oxygens (including phenoxy) is 1. The molecule has 3 rings (SSSR count). The van der Waals surface area contributed by atoms with E-state index in [4.69, 9.17) is 4.74 Å². The van der Waals surface area contributed by atoms with Crippen LogP contribution in [0.1, 0.15) is 55.5 Å². The number of unbranched alkanes of at least 4 members (excludes halogenated alkanes) is 1. The summed E-state index contributed by atoms with van der Waals surface area (Å²) in [5.41, 5.74) is 3.06. The van der Waals surface area contributed by atoms with Crippen molar-refractivity contribution in [3.05, 3.63) is 59.7 Å². The van der Waals surface area contributed by atoms with Crippen molar-refractivity contribution in [2.24, 2.45) is 0 Å². The first-order valence-electron chi connectivity index (χ1n) is 11.1. The van der Waals surface area contributed by atoms with Gasteiger partial charge in [0.05, 0.1) is 12.2 Å². The molecule has 0 radical (unpaired) electrons. The fourth-order valence-corrected chi connectivity index (χ4v) is 3.46. The zero-order chi connectivity index (χ0) is 23.1. The monoisotopic (exact) mass is 437 g/mol.